The summed E-state index contributed by atoms with van der Waals surface area (Å²) in [6.07, 6.45) is 2.15. The van der Waals surface area contributed by atoms with Gasteiger partial charge >= 0.3 is 0 Å². The normalized spacial score (nSPS) is 29.4. The van der Waals surface area contributed by atoms with Crippen molar-refractivity contribution < 1.29 is 4.74 Å². The Kier molecular flexibility index (Phi) is 3.19. The Bertz CT molecular complexity index is 947. The van der Waals surface area contributed by atoms with Crippen molar-refractivity contribution >= 4 is 0 Å². The van der Waals surface area contributed by atoms with E-state index in [1.807, 2.05) is 41.9 Å². The van der Waals surface area contributed by atoms with Gasteiger partial charge in [-0.3, -0.25) is 0 Å². The maximum absolute atomic E-state index is 9.93. The average Bonchev–Trinajstić information content (AvgIpc) is 3.00. The van der Waals surface area contributed by atoms with Crippen LogP contribution in [0.4, 0.5) is 0 Å². The van der Waals surface area contributed by atoms with Crippen molar-refractivity contribution in [1.82, 2.24) is 14.7 Å². The fraction of sp³-hybridized carbons (Fsp3) is 0.400. The number of aromatic nitrogens is 2. The van der Waals surface area contributed by atoms with Gasteiger partial charge in [-0.2, -0.15) is 10.4 Å². The van der Waals surface area contributed by atoms with Gasteiger partial charge in [0.05, 0.1) is 22.4 Å². The highest BCUT2D eigenvalue weighted by Gasteiger charge is 2.56. The molecule has 6 nitrogen and oxygen atoms in total. The summed E-state index contributed by atoms with van der Waals surface area (Å²) in [6, 6.07) is 12.3. The monoisotopic (exact) mass is 347 g/mol. The number of aryl methyl sites for hydroxylation is 1. The molecule has 3 fully saturated rings. The lowest BCUT2D eigenvalue weighted by atomic mass is 9.59. The van der Waals surface area contributed by atoms with E-state index >= 15 is 0 Å². The number of fused-ring (bicyclic) bond motifs is 3. The highest BCUT2D eigenvalue weighted by Crippen LogP contribution is 2.55. The van der Waals surface area contributed by atoms with Crippen LogP contribution < -0.4 is 10.5 Å². The molecule has 2 N–H and O–H groups in total. The Morgan fingerprint density at radius 3 is 2.62 bits per heavy atom. The Hall–Kier alpha value is -2.78. The van der Waals surface area contributed by atoms with Gasteiger partial charge in [-0.15, -0.1) is 0 Å². The quantitative estimate of drug-likeness (QED) is 0.856. The highest BCUT2D eigenvalue weighted by atomic mass is 16.5. The molecule has 4 aliphatic rings. The molecule has 0 saturated carbocycles. The van der Waals surface area contributed by atoms with Crippen LogP contribution in [0.3, 0.4) is 0 Å². The van der Waals surface area contributed by atoms with Gasteiger partial charge in [0.2, 0.25) is 11.8 Å². The second-order valence-electron chi connectivity index (χ2n) is 7.49. The molecule has 1 aromatic carbocycles. The minimum Gasteiger partial charge on any atom is -0.422 e. The molecule has 6 heteroatoms. The van der Waals surface area contributed by atoms with Gasteiger partial charge in [-0.25, -0.2) is 4.68 Å². The van der Waals surface area contributed by atoms with E-state index in [1.54, 1.807) is 0 Å². The van der Waals surface area contributed by atoms with Crippen molar-refractivity contribution in [3.8, 4) is 17.6 Å². The van der Waals surface area contributed by atoms with Gasteiger partial charge in [0.15, 0.2) is 0 Å². The van der Waals surface area contributed by atoms with Crippen LogP contribution in [0, 0.1) is 24.2 Å². The summed E-state index contributed by atoms with van der Waals surface area (Å²) in [5.74, 6) is 1.29. The second kappa shape index (κ2) is 5.36. The summed E-state index contributed by atoms with van der Waals surface area (Å²) in [6.45, 7) is 5.01. The molecule has 5 heterocycles. The Labute approximate surface area is 152 Å². The summed E-state index contributed by atoms with van der Waals surface area (Å²) in [5.41, 5.74) is 9.34. The van der Waals surface area contributed by atoms with Crippen LogP contribution in [0.5, 0.6) is 5.88 Å². The Morgan fingerprint density at radius 1 is 1.27 bits per heavy atom. The lowest BCUT2D eigenvalue weighted by molar-refractivity contribution is 0.0382. The summed E-state index contributed by atoms with van der Waals surface area (Å²) >= 11 is 0. The van der Waals surface area contributed by atoms with E-state index < -0.39 is 5.41 Å². The molecular weight excluding hydrogens is 326 g/mol. The lowest BCUT2D eigenvalue weighted by Crippen LogP contribution is -2.59. The van der Waals surface area contributed by atoms with Crippen LogP contribution in [0.25, 0.3) is 5.69 Å². The molecule has 1 unspecified atom stereocenters. The molecule has 0 aliphatic carbocycles. The molecule has 6 rings (SSSR count). The van der Waals surface area contributed by atoms with Crippen LogP contribution in [0.2, 0.25) is 0 Å². The predicted octanol–water partition coefficient (Wildman–Crippen LogP) is 2.23. The summed E-state index contributed by atoms with van der Waals surface area (Å²) in [7, 11) is 0. The topological polar surface area (TPSA) is 80.1 Å². The maximum Gasteiger partial charge on any atom is 0.229 e. The van der Waals surface area contributed by atoms with Gasteiger partial charge in [-0.1, -0.05) is 18.2 Å². The third kappa shape index (κ3) is 1.86. The Morgan fingerprint density at radius 2 is 2.00 bits per heavy atom. The number of hydrogen-bond acceptors (Lipinski definition) is 5. The largest absolute Gasteiger partial charge is 0.422 e. The number of piperidine rings is 3. The van der Waals surface area contributed by atoms with Crippen LogP contribution >= 0.6 is 0 Å². The van der Waals surface area contributed by atoms with E-state index in [1.165, 1.54) is 0 Å². The zero-order valence-corrected chi connectivity index (χ0v) is 14.8. The fourth-order valence-electron chi connectivity index (χ4n) is 5.15. The van der Waals surface area contributed by atoms with Gasteiger partial charge in [-0.05, 0) is 50.9 Å². The molecule has 1 atom stereocenters. The molecule has 4 aliphatic heterocycles. The minimum absolute atomic E-state index is 0.228. The van der Waals surface area contributed by atoms with Crippen molar-refractivity contribution in [2.45, 2.75) is 25.2 Å². The number of rotatable bonds is 1. The SMILES string of the molecule is Cc1nn(-c2ccccc2)c2c1C1(CN3CCC1CC3)C(C#N)=C(N)O2. The molecular formula is C20H21N5O. The van der Waals surface area contributed by atoms with Crippen molar-refractivity contribution in [3.63, 3.8) is 0 Å². The second-order valence-corrected chi connectivity index (χ2v) is 7.49. The first-order valence-electron chi connectivity index (χ1n) is 9.11. The summed E-state index contributed by atoms with van der Waals surface area (Å²) in [4.78, 5) is 2.44. The van der Waals surface area contributed by atoms with Crippen molar-refractivity contribution in [3.05, 3.63) is 53.0 Å². The molecule has 1 aromatic heterocycles. The number of benzene rings is 1. The van der Waals surface area contributed by atoms with Crippen LogP contribution in [-0.2, 0) is 5.41 Å². The minimum atomic E-state index is -0.403. The number of hydrogen-bond donors (Lipinski definition) is 1. The van der Waals surface area contributed by atoms with Crippen LogP contribution in [0.15, 0.2) is 41.8 Å². The fourth-order valence-corrected chi connectivity index (χ4v) is 5.15. The summed E-state index contributed by atoms with van der Waals surface area (Å²) in [5, 5.41) is 14.7. The summed E-state index contributed by atoms with van der Waals surface area (Å²) < 4.78 is 7.82. The van der Waals surface area contributed by atoms with E-state index in [9.17, 15) is 5.26 Å². The zero-order valence-electron chi connectivity index (χ0n) is 14.8. The van der Waals surface area contributed by atoms with Crippen LogP contribution in [0.1, 0.15) is 24.1 Å². The number of para-hydroxylation sites is 1. The molecule has 26 heavy (non-hydrogen) atoms. The molecule has 2 aromatic rings. The van der Waals surface area contributed by atoms with Crippen molar-refractivity contribution in [2.75, 3.05) is 19.6 Å². The third-order valence-corrected chi connectivity index (χ3v) is 6.23. The van der Waals surface area contributed by atoms with E-state index in [-0.39, 0.29) is 5.88 Å². The van der Waals surface area contributed by atoms with E-state index in [0.717, 1.165) is 49.4 Å². The number of nitrogens with zero attached hydrogens (tertiary/aromatic N) is 4. The first kappa shape index (κ1) is 15.5. The number of ether oxygens (including phenoxy) is 1. The van der Waals surface area contributed by atoms with Gasteiger partial charge in [0, 0.05) is 6.54 Å². The molecule has 3 saturated heterocycles. The zero-order chi connectivity index (χ0) is 17.9. The molecule has 0 amide bonds. The predicted molar refractivity (Wildman–Crippen MR) is 96.6 cm³/mol. The van der Waals surface area contributed by atoms with Crippen LogP contribution in [-0.4, -0.2) is 34.3 Å². The molecule has 1 spiro atoms. The van der Waals surface area contributed by atoms with Gasteiger partial charge < -0.3 is 15.4 Å². The van der Waals surface area contributed by atoms with Gasteiger partial charge in [0.1, 0.15) is 11.6 Å². The van der Waals surface area contributed by atoms with E-state index in [0.29, 0.717) is 17.4 Å². The molecule has 2 bridgehead atoms. The number of nitriles is 1. The highest BCUT2D eigenvalue weighted by molar-refractivity contribution is 5.58. The first-order chi connectivity index (χ1) is 12.6. The van der Waals surface area contributed by atoms with Gasteiger partial charge in [0.25, 0.3) is 0 Å². The standard InChI is InChI=1S/C20H21N5O/c1-13-17-19(25(23-13)15-5-3-2-4-6-15)26-18(22)16(11-21)20(17)12-24-9-7-14(20)8-10-24/h2-6,14H,7-10,12,22H2,1H3. The van der Waals surface area contributed by atoms with Crippen molar-refractivity contribution in [1.29, 1.82) is 5.26 Å². The first-order valence-corrected chi connectivity index (χ1v) is 9.11. The third-order valence-electron chi connectivity index (χ3n) is 6.23. The lowest BCUT2D eigenvalue weighted by Gasteiger charge is -2.54. The molecule has 0 radical (unpaired) electrons. The smallest absolute Gasteiger partial charge is 0.229 e. The number of nitrogens with two attached hydrogens (primary N) is 1. The maximum atomic E-state index is 9.93. The average molecular weight is 347 g/mol. The van der Waals surface area contributed by atoms with E-state index in [2.05, 4.69) is 11.0 Å². The molecule has 132 valence electrons. The van der Waals surface area contributed by atoms with Crippen molar-refractivity contribution in [2.24, 2.45) is 11.7 Å². The van der Waals surface area contributed by atoms with E-state index in [4.69, 9.17) is 15.6 Å². The Balaban J connectivity index is 1.78.